The molecule has 3 nitrogen and oxygen atoms in total. The lowest BCUT2D eigenvalue weighted by Crippen LogP contribution is -2.24. The lowest BCUT2D eigenvalue weighted by atomic mass is 10.0. The van der Waals surface area contributed by atoms with Crippen molar-refractivity contribution in [3.05, 3.63) is 71.4 Å². The number of halogens is 4. The zero-order valence-corrected chi connectivity index (χ0v) is 15.5. The Bertz CT molecular complexity index is 925. The van der Waals surface area contributed by atoms with Gasteiger partial charge in [-0.05, 0) is 66.0 Å². The van der Waals surface area contributed by atoms with Crippen LogP contribution in [0.25, 0.3) is 0 Å². The van der Waals surface area contributed by atoms with Gasteiger partial charge in [0.2, 0.25) is 0 Å². The molecule has 2 fully saturated rings. The van der Waals surface area contributed by atoms with Crippen LogP contribution in [0.4, 0.5) is 17.6 Å². The van der Waals surface area contributed by atoms with Crippen LogP contribution in [-0.2, 0) is 6.54 Å². The molecule has 2 unspecified atom stereocenters. The molecule has 1 saturated heterocycles. The van der Waals surface area contributed by atoms with Crippen LogP contribution in [0.5, 0.6) is 5.75 Å². The summed E-state index contributed by atoms with van der Waals surface area (Å²) < 4.78 is 54.4. The van der Waals surface area contributed by atoms with E-state index in [0.29, 0.717) is 24.3 Å². The summed E-state index contributed by atoms with van der Waals surface area (Å²) >= 11 is 0. The van der Waals surface area contributed by atoms with Gasteiger partial charge in [0.1, 0.15) is 17.6 Å². The lowest BCUT2D eigenvalue weighted by Gasteiger charge is -2.19. The summed E-state index contributed by atoms with van der Waals surface area (Å²) in [4.78, 5) is 2.30. The molecule has 0 aromatic heterocycles. The molecule has 1 saturated carbocycles. The number of hydrogen-bond acceptors (Lipinski definition) is 3. The second-order valence-electron chi connectivity index (χ2n) is 7.67. The standard InChI is InChI=1S/C22H19F4N2O/c23-21-7-5-15(8-16(21)10-27)11-28-12-19-18(20(19)13-28)6-4-14-2-1-3-17(9-14)29-22(24,25)26/h1-5,7-9,18-20H,6,11-13H2. The summed E-state index contributed by atoms with van der Waals surface area (Å²) in [5.41, 5.74) is 1.72. The van der Waals surface area contributed by atoms with E-state index in [1.165, 1.54) is 18.2 Å². The number of likely N-dealkylation sites (tertiary alicyclic amines) is 1. The van der Waals surface area contributed by atoms with Crippen molar-refractivity contribution in [2.45, 2.75) is 19.3 Å². The normalized spacial score (nSPS) is 23.5. The molecule has 2 atom stereocenters. The van der Waals surface area contributed by atoms with E-state index in [0.717, 1.165) is 30.6 Å². The average Bonchev–Trinajstić information content (AvgIpc) is 3.11. The third kappa shape index (κ3) is 4.70. The molecule has 1 radical (unpaired) electrons. The van der Waals surface area contributed by atoms with Crippen molar-refractivity contribution >= 4 is 0 Å². The summed E-state index contributed by atoms with van der Waals surface area (Å²) in [7, 11) is 0. The van der Waals surface area contributed by atoms with Gasteiger partial charge in [-0.3, -0.25) is 4.90 Å². The highest BCUT2D eigenvalue weighted by Gasteiger charge is 2.54. The highest BCUT2D eigenvalue weighted by atomic mass is 19.4. The van der Waals surface area contributed by atoms with Crippen molar-refractivity contribution in [2.75, 3.05) is 13.1 Å². The number of ether oxygens (including phenoxy) is 1. The van der Waals surface area contributed by atoms with E-state index in [9.17, 15) is 17.6 Å². The minimum atomic E-state index is -4.69. The van der Waals surface area contributed by atoms with Crippen LogP contribution in [0, 0.1) is 41.3 Å². The maximum absolute atomic E-state index is 13.4. The lowest BCUT2D eigenvalue weighted by molar-refractivity contribution is -0.274. The van der Waals surface area contributed by atoms with Crippen LogP contribution >= 0.6 is 0 Å². The van der Waals surface area contributed by atoms with E-state index in [1.54, 1.807) is 24.3 Å². The molecular formula is C22H19F4N2O. The number of nitrogens with zero attached hydrogens (tertiary/aromatic N) is 2. The first-order valence-electron chi connectivity index (χ1n) is 9.42. The first-order valence-corrected chi connectivity index (χ1v) is 9.42. The first kappa shape index (κ1) is 19.7. The molecule has 0 amide bonds. The Kier molecular flexibility index (Phi) is 5.22. The second kappa shape index (κ2) is 7.68. The molecule has 0 bridgehead atoms. The Morgan fingerprint density at radius 3 is 2.59 bits per heavy atom. The predicted octanol–water partition coefficient (Wildman–Crippen LogP) is 4.92. The largest absolute Gasteiger partial charge is 0.573 e. The summed E-state index contributed by atoms with van der Waals surface area (Å²) in [6.45, 7) is 2.58. The fourth-order valence-electron chi connectivity index (χ4n) is 4.34. The third-order valence-corrected chi connectivity index (χ3v) is 5.72. The van der Waals surface area contributed by atoms with Crippen molar-refractivity contribution < 1.29 is 22.3 Å². The minimum Gasteiger partial charge on any atom is -0.406 e. The SMILES string of the molecule is N#Cc1cc(CN2CC3C(C[CH]c4cccc(OC(F)(F)F)c4)C3C2)ccc1F. The number of benzene rings is 2. The zero-order valence-electron chi connectivity index (χ0n) is 15.5. The van der Waals surface area contributed by atoms with Gasteiger partial charge in [-0.1, -0.05) is 18.2 Å². The Morgan fingerprint density at radius 2 is 1.90 bits per heavy atom. The fourth-order valence-corrected chi connectivity index (χ4v) is 4.34. The van der Waals surface area contributed by atoms with E-state index >= 15 is 0 Å². The van der Waals surface area contributed by atoms with Crippen LogP contribution in [0.3, 0.4) is 0 Å². The Morgan fingerprint density at radius 1 is 1.14 bits per heavy atom. The van der Waals surface area contributed by atoms with Crippen LogP contribution < -0.4 is 4.74 Å². The molecule has 7 heteroatoms. The van der Waals surface area contributed by atoms with Gasteiger partial charge < -0.3 is 4.74 Å². The average molecular weight is 403 g/mol. The molecule has 1 aliphatic heterocycles. The Hall–Kier alpha value is -2.59. The summed E-state index contributed by atoms with van der Waals surface area (Å²) in [5, 5.41) is 8.94. The van der Waals surface area contributed by atoms with E-state index in [1.807, 2.05) is 12.5 Å². The maximum atomic E-state index is 13.4. The number of fused-ring (bicyclic) bond motifs is 1. The number of rotatable bonds is 6. The Labute approximate surface area is 166 Å². The van der Waals surface area contributed by atoms with E-state index in [2.05, 4.69) is 9.64 Å². The molecule has 0 N–H and O–H groups in total. The number of nitriles is 1. The third-order valence-electron chi connectivity index (χ3n) is 5.72. The van der Waals surface area contributed by atoms with Crippen LogP contribution in [0.2, 0.25) is 0 Å². The van der Waals surface area contributed by atoms with Gasteiger partial charge in [-0.15, -0.1) is 13.2 Å². The van der Waals surface area contributed by atoms with E-state index in [-0.39, 0.29) is 11.3 Å². The van der Waals surface area contributed by atoms with Crippen LogP contribution in [0.15, 0.2) is 42.5 Å². The Balaban J connectivity index is 1.25. The smallest absolute Gasteiger partial charge is 0.406 e. The highest BCUT2D eigenvalue weighted by Crippen LogP contribution is 2.54. The molecule has 2 aliphatic rings. The number of alkyl halides is 3. The van der Waals surface area contributed by atoms with Gasteiger partial charge in [0, 0.05) is 19.6 Å². The van der Waals surface area contributed by atoms with Gasteiger partial charge >= 0.3 is 6.36 Å². The van der Waals surface area contributed by atoms with Gasteiger partial charge in [0.05, 0.1) is 5.56 Å². The van der Waals surface area contributed by atoms with Gasteiger partial charge in [0.15, 0.2) is 0 Å². The van der Waals surface area contributed by atoms with Crippen LogP contribution in [-0.4, -0.2) is 24.4 Å². The van der Waals surface area contributed by atoms with Gasteiger partial charge in [-0.25, -0.2) is 4.39 Å². The van der Waals surface area contributed by atoms with E-state index in [4.69, 9.17) is 5.26 Å². The van der Waals surface area contributed by atoms with E-state index < -0.39 is 12.2 Å². The summed E-state index contributed by atoms with van der Waals surface area (Å²) in [6, 6.07) is 12.5. The topological polar surface area (TPSA) is 36.3 Å². The van der Waals surface area contributed by atoms with Crippen molar-refractivity contribution in [1.29, 1.82) is 5.26 Å². The second-order valence-corrected chi connectivity index (χ2v) is 7.67. The number of piperidine rings is 1. The molecule has 1 aliphatic carbocycles. The van der Waals surface area contributed by atoms with Crippen molar-refractivity contribution in [3.8, 4) is 11.8 Å². The van der Waals surface area contributed by atoms with Gasteiger partial charge in [0.25, 0.3) is 0 Å². The highest BCUT2D eigenvalue weighted by molar-refractivity contribution is 5.35. The quantitative estimate of drug-likeness (QED) is 0.643. The summed E-state index contributed by atoms with van der Waals surface area (Å²) in [6.07, 6.45) is -1.89. The molecule has 2 aromatic rings. The van der Waals surface area contributed by atoms with Crippen LogP contribution in [0.1, 0.15) is 23.1 Å². The van der Waals surface area contributed by atoms with Gasteiger partial charge in [-0.2, -0.15) is 5.26 Å². The molecule has 4 rings (SSSR count). The molecule has 29 heavy (non-hydrogen) atoms. The predicted molar refractivity (Wildman–Crippen MR) is 98.0 cm³/mol. The maximum Gasteiger partial charge on any atom is 0.573 e. The van der Waals surface area contributed by atoms with Crippen molar-refractivity contribution in [1.82, 2.24) is 4.90 Å². The fraction of sp³-hybridized carbons (Fsp3) is 0.364. The molecule has 2 aromatic carbocycles. The molecule has 151 valence electrons. The first-order chi connectivity index (χ1) is 13.8. The molecule has 0 spiro atoms. The van der Waals surface area contributed by atoms with Crippen molar-refractivity contribution in [2.24, 2.45) is 17.8 Å². The molecule has 1 heterocycles. The van der Waals surface area contributed by atoms with Crippen molar-refractivity contribution in [3.63, 3.8) is 0 Å². The number of hydrogen-bond donors (Lipinski definition) is 0. The summed E-state index contributed by atoms with van der Waals surface area (Å²) in [5.74, 6) is 1.00. The minimum absolute atomic E-state index is 0.0658. The monoisotopic (exact) mass is 403 g/mol. The zero-order chi connectivity index (χ0) is 20.6. The molecular weight excluding hydrogens is 384 g/mol.